The Labute approximate surface area is 159 Å². The lowest BCUT2D eigenvalue weighted by Crippen LogP contribution is -3.16. The maximum absolute atomic E-state index is 12.9. The zero-order chi connectivity index (χ0) is 20.0. The van der Waals surface area contributed by atoms with Gasteiger partial charge in [0.05, 0.1) is 31.7 Å². The summed E-state index contributed by atoms with van der Waals surface area (Å²) in [7, 11) is 0. The Balaban J connectivity index is 1.79. The summed E-state index contributed by atoms with van der Waals surface area (Å²) in [5, 5.41) is 3.05. The van der Waals surface area contributed by atoms with Crippen LogP contribution in [0.4, 0.5) is 18.9 Å². The molecule has 152 valence electrons. The minimum absolute atomic E-state index is 0.0498. The first-order chi connectivity index (χ1) is 12.6. The van der Waals surface area contributed by atoms with Crippen LogP contribution in [0.15, 0.2) is 24.3 Å². The smallest absolute Gasteiger partial charge is 0.360 e. The predicted octanol–water partition coefficient (Wildman–Crippen LogP) is 2.35. The number of anilines is 1. The highest BCUT2D eigenvalue weighted by atomic mass is 19.4. The average Bonchev–Trinajstić information content (AvgIpc) is 2.60. The summed E-state index contributed by atoms with van der Waals surface area (Å²) in [6.07, 6.45) is -2.26. The standard InChI is InChI=1S/C20H30F3N3O/c1-15(2)7-8-16(3)24-19(27)14-25-9-11-26(12-10-25)18-6-4-5-17(13-18)20(21,22)23/h4-6,13,15-16H,7-12,14H2,1-3H3,(H,24,27)/p+1/t16-/m1/s1. The molecule has 1 aromatic carbocycles. The van der Waals surface area contributed by atoms with E-state index in [1.54, 1.807) is 6.07 Å². The van der Waals surface area contributed by atoms with Gasteiger partial charge in [0.15, 0.2) is 6.54 Å². The summed E-state index contributed by atoms with van der Waals surface area (Å²) in [6, 6.07) is 5.63. The molecule has 0 unspecified atom stereocenters. The number of hydrogen-bond acceptors (Lipinski definition) is 2. The van der Waals surface area contributed by atoms with E-state index in [9.17, 15) is 18.0 Å². The molecule has 1 aliphatic rings. The van der Waals surface area contributed by atoms with Crippen LogP contribution in [0.25, 0.3) is 0 Å². The molecule has 0 aliphatic carbocycles. The van der Waals surface area contributed by atoms with Gasteiger partial charge in [-0.3, -0.25) is 4.79 Å². The molecule has 0 saturated carbocycles. The highest BCUT2D eigenvalue weighted by Crippen LogP contribution is 2.31. The van der Waals surface area contributed by atoms with E-state index in [-0.39, 0.29) is 11.9 Å². The van der Waals surface area contributed by atoms with Crippen molar-refractivity contribution in [2.45, 2.75) is 45.8 Å². The lowest BCUT2D eigenvalue weighted by Gasteiger charge is -2.33. The zero-order valence-electron chi connectivity index (χ0n) is 16.4. The van der Waals surface area contributed by atoms with Gasteiger partial charge in [0.1, 0.15) is 0 Å². The average molecular weight is 386 g/mol. The topological polar surface area (TPSA) is 36.8 Å². The van der Waals surface area contributed by atoms with E-state index in [0.717, 1.165) is 32.0 Å². The number of carbonyl (C=O) groups is 1. The molecule has 1 fully saturated rings. The number of benzene rings is 1. The van der Waals surface area contributed by atoms with Gasteiger partial charge in [0.2, 0.25) is 0 Å². The highest BCUT2D eigenvalue weighted by molar-refractivity contribution is 5.77. The number of piperazine rings is 1. The summed E-state index contributed by atoms with van der Waals surface area (Å²) < 4.78 is 38.6. The maximum atomic E-state index is 12.9. The van der Waals surface area contributed by atoms with Crippen molar-refractivity contribution < 1.29 is 22.9 Å². The predicted molar refractivity (Wildman–Crippen MR) is 101 cm³/mol. The Morgan fingerprint density at radius 3 is 2.44 bits per heavy atom. The number of nitrogens with zero attached hydrogens (tertiary/aromatic N) is 1. The number of quaternary nitrogens is 1. The molecule has 4 nitrogen and oxygen atoms in total. The Kier molecular flexibility index (Phi) is 7.53. The number of carbonyl (C=O) groups excluding carboxylic acids is 1. The fourth-order valence-electron chi connectivity index (χ4n) is 3.35. The van der Waals surface area contributed by atoms with Crippen molar-refractivity contribution in [1.29, 1.82) is 0 Å². The SMILES string of the molecule is CC(C)CC[C@@H](C)NC(=O)C[NH+]1CCN(c2cccc(C(F)(F)F)c2)CC1. The van der Waals surface area contributed by atoms with Crippen molar-refractivity contribution >= 4 is 11.6 Å². The molecule has 27 heavy (non-hydrogen) atoms. The summed E-state index contributed by atoms with van der Waals surface area (Å²) in [5.41, 5.74) is -0.0276. The molecule has 0 bridgehead atoms. The first-order valence-electron chi connectivity index (χ1n) is 9.70. The summed E-state index contributed by atoms with van der Waals surface area (Å²) >= 11 is 0. The van der Waals surface area contributed by atoms with Crippen LogP contribution in [0.3, 0.4) is 0 Å². The molecule has 1 aromatic rings. The van der Waals surface area contributed by atoms with E-state index in [2.05, 4.69) is 19.2 Å². The van der Waals surface area contributed by atoms with Gasteiger partial charge in [0.25, 0.3) is 5.91 Å². The molecule has 1 aliphatic heterocycles. The Morgan fingerprint density at radius 1 is 1.19 bits per heavy atom. The molecule has 2 rings (SSSR count). The molecular weight excluding hydrogens is 355 g/mol. The molecular formula is C20H31F3N3O+. The summed E-state index contributed by atoms with van der Waals surface area (Å²) in [4.78, 5) is 15.3. The summed E-state index contributed by atoms with van der Waals surface area (Å²) in [5.74, 6) is 0.674. The molecule has 1 heterocycles. The van der Waals surface area contributed by atoms with E-state index < -0.39 is 11.7 Å². The second-order valence-corrected chi connectivity index (χ2v) is 7.90. The van der Waals surface area contributed by atoms with Crippen LogP contribution in [-0.4, -0.2) is 44.7 Å². The van der Waals surface area contributed by atoms with Crippen LogP contribution in [0.1, 0.15) is 39.2 Å². The second kappa shape index (κ2) is 9.44. The quantitative estimate of drug-likeness (QED) is 0.755. The minimum atomic E-state index is -4.33. The lowest BCUT2D eigenvalue weighted by atomic mass is 10.0. The molecule has 0 spiro atoms. The molecule has 0 radical (unpaired) electrons. The maximum Gasteiger partial charge on any atom is 0.416 e. The van der Waals surface area contributed by atoms with Gasteiger partial charge in [-0.15, -0.1) is 0 Å². The van der Waals surface area contributed by atoms with Gasteiger partial charge in [-0.1, -0.05) is 19.9 Å². The van der Waals surface area contributed by atoms with Crippen LogP contribution >= 0.6 is 0 Å². The van der Waals surface area contributed by atoms with Crippen LogP contribution in [-0.2, 0) is 11.0 Å². The van der Waals surface area contributed by atoms with Crippen LogP contribution in [0.5, 0.6) is 0 Å². The Morgan fingerprint density at radius 2 is 1.85 bits per heavy atom. The fourth-order valence-corrected chi connectivity index (χ4v) is 3.35. The van der Waals surface area contributed by atoms with Crippen molar-refractivity contribution in [3.63, 3.8) is 0 Å². The molecule has 1 saturated heterocycles. The molecule has 2 N–H and O–H groups in total. The molecule has 0 aromatic heterocycles. The first-order valence-corrected chi connectivity index (χ1v) is 9.70. The number of hydrogen-bond donors (Lipinski definition) is 2. The molecule has 1 atom stereocenters. The number of amides is 1. The number of rotatable bonds is 7. The number of alkyl halides is 3. The lowest BCUT2D eigenvalue weighted by molar-refractivity contribution is -0.892. The van der Waals surface area contributed by atoms with E-state index in [4.69, 9.17) is 0 Å². The Hall–Kier alpha value is -1.76. The monoisotopic (exact) mass is 386 g/mol. The third-order valence-electron chi connectivity index (χ3n) is 5.00. The highest BCUT2D eigenvalue weighted by Gasteiger charge is 2.31. The van der Waals surface area contributed by atoms with E-state index in [1.165, 1.54) is 17.0 Å². The third-order valence-corrected chi connectivity index (χ3v) is 5.00. The van der Waals surface area contributed by atoms with E-state index in [1.807, 2.05) is 11.8 Å². The van der Waals surface area contributed by atoms with Gasteiger partial charge < -0.3 is 15.1 Å². The second-order valence-electron chi connectivity index (χ2n) is 7.90. The first kappa shape index (κ1) is 21.5. The van der Waals surface area contributed by atoms with Crippen LogP contribution in [0, 0.1) is 5.92 Å². The van der Waals surface area contributed by atoms with Gasteiger partial charge in [-0.25, -0.2) is 0 Å². The van der Waals surface area contributed by atoms with Gasteiger partial charge in [-0.2, -0.15) is 13.2 Å². The minimum Gasteiger partial charge on any atom is -0.360 e. The molecule has 7 heteroatoms. The third kappa shape index (κ3) is 7.05. The fraction of sp³-hybridized carbons (Fsp3) is 0.650. The van der Waals surface area contributed by atoms with Crippen molar-refractivity contribution in [3.8, 4) is 0 Å². The van der Waals surface area contributed by atoms with Crippen molar-refractivity contribution in [3.05, 3.63) is 29.8 Å². The number of halogens is 3. The molecule has 1 amide bonds. The van der Waals surface area contributed by atoms with Crippen LogP contribution in [0.2, 0.25) is 0 Å². The van der Waals surface area contributed by atoms with E-state index >= 15 is 0 Å². The van der Waals surface area contributed by atoms with Crippen molar-refractivity contribution in [2.75, 3.05) is 37.6 Å². The van der Waals surface area contributed by atoms with Gasteiger partial charge in [-0.05, 0) is 43.9 Å². The van der Waals surface area contributed by atoms with E-state index in [0.29, 0.717) is 31.2 Å². The van der Waals surface area contributed by atoms with Crippen LogP contribution < -0.4 is 15.1 Å². The van der Waals surface area contributed by atoms with Crippen molar-refractivity contribution in [1.82, 2.24) is 5.32 Å². The summed E-state index contributed by atoms with van der Waals surface area (Å²) in [6.45, 7) is 9.56. The largest absolute Gasteiger partial charge is 0.416 e. The van der Waals surface area contributed by atoms with Gasteiger partial charge >= 0.3 is 6.18 Å². The Bertz CT molecular complexity index is 611. The zero-order valence-corrected chi connectivity index (χ0v) is 16.4. The van der Waals surface area contributed by atoms with Gasteiger partial charge in [0, 0.05) is 11.7 Å². The van der Waals surface area contributed by atoms with Crippen molar-refractivity contribution in [2.24, 2.45) is 5.92 Å². The normalized spacial score (nSPS) is 17.2. The number of nitrogens with one attached hydrogen (secondary N) is 2.